The normalized spacial score (nSPS) is 10.9. The molecule has 2 heterocycles. The van der Waals surface area contributed by atoms with Gasteiger partial charge in [-0.15, -0.1) is 11.3 Å². The van der Waals surface area contributed by atoms with Crippen LogP contribution >= 0.6 is 35.2 Å². The molecule has 4 rings (SSSR count). The zero-order valence-electron chi connectivity index (χ0n) is 18.0. The highest BCUT2D eigenvalue weighted by Crippen LogP contribution is 2.37. The zero-order chi connectivity index (χ0) is 23.7. The summed E-state index contributed by atoms with van der Waals surface area (Å²) in [6, 6.07) is 12.2. The van der Waals surface area contributed by atoms with Crippen LogP contribution in [0.25, 0.3) is 10.1 Å². The third-order valence-corrected chi connectivity index (χ3v) is 7.00. The van der Waals surface area contributed by atoms with E-state index in [4.69, 9.17) is 28.6 Å². The lowest BCUT2D eigenvalue weighted by atomic mass is 10.2. The van der Waals surface area contributed by atoms with Crippen LogP contribution in [0.15, 0.2) is 42.5 Å². The van der Waals surface area contributed by atoms with Crippen molar-refractivity contribution in [3.63, 3.8) is 0 Å². The van der Waals surface area contributed by atoms with Crippen LogP contribution in [0, 0.1) is 19.7 Å². The van der Waals surface area contributed by atoms with Crippen LogP contribution in [0.3, 0.4) is 0 Å². The molecule has 6 nitrogen and oxygen atoms in total. The Morgan fingerprint density at radius 2 is 2.00 bits per heavy atom. The van der Waals surface area contributed by atoms with Crippen molar-refractivity contribution in [2.45, 2.75) is 20.4 Å². The maximum Gasteiger partial charge on any atom is 0.349 e. The van der Waals surface area contributed by atoms with E-state index < -0.39 is 5.97 Å². The van der Waals surface area contributed by atoms with Gasteiger partial charge in [-0.2, -0.15) is 5.10 Å². The number of nitrogens with one attached hydrogen (secondary N) is 2. The van der Waals surface area contributed by atoms with Gasteiger partial charge >= 0.3 is 5.97 Å². The third kappa shape index (κ3) is 4.71. The molecule has 2 aromatic heterocycles. The summed E-state index contributed by atoms with van der Waals surface area (Å²) in [4.78, 5) is 12.3. The average Bonchev–Trinajstić information content (AvgIpc) is 3.25. The monoisotopic (exact) mass is 502 g/mol. The summed E-state index contributed by atoms with van der Waals surface area (Å²) < 4.78 is 21.4. The predicted molar refractivity (Wildman–Crippen MR) is 135 cm³/mol. The van der Waals surface area contributed by atoms with Gasteiger partial charge in [0.15, 0.2) is 5.11 Å². The van der Waals surface area contributed by atoms with Gasteiger partial charge in [0.25, 0.3) is 0 Å². The Labute approximate surface area is 204 Å². The standard InChI is InChI=1S/C23H20ClFN4O2S2/c1-12-20(13(2)29(28-12)11-14-6-4-5-7-17(14)25)27-23(32)26-15-8-9-16-18(10-15)33-21(19(16)24)22(30)31-3/h4-10H,11H2,1-3H3,(H2,26,27,32). The first kappa shape index (κ1) is 23.2. The fraction of sp³-hybridized carbons (Fsp3) is 0.174. The van der Waals surface area contributed by atoms with Crippen molar-refractivity contribution in [2.75, 3.05) is 17.7 Å². The van der Waals surface area contributed by atoms with E-state index in [0.29, 0.717) is 27.1 Å². The van der Waals surface area contributed by atoms with Crippen molar-refractivity contribution in [3.8, 4) is 0 Å². The summed E-state index contributed by atoms with van der Waals surface area (Å²) in [7, 11) is 1.32. The van der Waals surface area contributed by atoms with Gasteiger partial charge in [-0.3, -0.25) is 4.68 Å². The number of aromatic nitrogens is 2. The number of esters is 1. The number of thiocarbonyl (C=S) groups is 1. The molecule has 0 spiro atoms. The molecule has 0 unspecified atom stereocenters. The Bertz CT molecular complexity index is 1380. The quantitative estimate of drug-likeness (QED) is 0.252. The summed E-state index contributed by atoms with van der Waals surface area (Å²) in [5.41, 5.74) is 3.64. The summed E-state index contributed by atoms with van der Waals surface area (Å²) >= 11 is 13.1. The zero-order valence-corrected chi connectivity index (χ0v) is 20.4. The lowest BCUT2D eigenvalue weighted by Gasteiger charge is -2.11. The van der Waals surface area contributed by atoms with Gasteiger partial charge in [-0.1, -0.05) is 29.8 Å². The minimum absolute atomic E-state index is 0.267. The van der Waals surface area contributed by atoms with Gasteiger partial charge in [0, 0.05) is 21.3 Å². The Morgan fingerprint density at radius 1 is 1.24 bits per heavy atom. The highest BCUT2D eigenvalue weighted by molar-refractivity contribution is 7.80. The Kier molecular flexibility index (Phi) is 6.64. The fourth-order valence-electron chi connectivity index (χ4n) is 3.46. The van der Waals surface area contributed by atoms with E-state index in [2.05, 4.69) is 15.7 Å². The van der Waals surface area contributed by atoms with Crippen LogP contribution in [0.4, 0.5) is 15.8 Å². The molecule has 2 aromatic carbocycles. The van der Waals surface area contributed by atoms with Gasteiger partial charge in [0.2, 0.25) is 0 Å². The van der Waals surface area contributed by atoms with Crippen molar-refractivity contribution in [1.29, 1.82) is 0 Å². The van der Waals surface area contributed by atoms with Crippen molar-refractivity contribution in [2.24, 2.45) is 0 Å². The van der Waals surface area contributed by atoms with E-state index in [0.717, 1.165) is 32.8 Å². The van der Waals surface area contributed by atoms with Crippen LogP contribution in [-0.4, -0.2) is 28.0 Å². The minimum atomic E-state index is -0.466. The number of aryl methyl sites for hydroxylation is 1. The molecule has 0 aliphatic heterocycles. The van der Waals surface area contributed by atoms with Crippen molar-refractivity contribution >= 4 is 67.7 Å². The average molecular weight is 503 g/mol. The second-order valence-corrected chi connectivity index (χ2v) is 9.16. The molecule has 170 valence electrons. The summed E-state index contributed by atoms with van der Waals surface area (Å²) in [5.74, 6) is -0.734. The first-order chi connectivity index (χ1) is 15.8. The van der Waals surface area contributed by atoms with Gasteiger partial charge in [-0.05, 0) is 50.3 Å². The van der Waals surface area contributed by atoms with Crippen LogP contribution in [0.5, 0.6) is 0 Å². The Balaban J connectivity index is 1.51. The smallest absolute Gasteiger partial charge is 0.349 e. The molecule has 0 radical (unpaired) electrons. The van der Waals surface area contributed by atoms with Crippen molar-refractivity contribution in [1.82, 2.24) is 9.78 Å². The number of anilines is 2. The van der Waals surface area contributed by atoms with Gasteiger partial charge in [0.05, 0.1) is 35.8 Å². The van der Waals surface area contributed by atoms with E-state index in [1.54, 1.807) is 22.9 Å². The number of carbonyl (C=O) groups is 1. The highest BCUT2D eigenvalue weighted by atomic mass is 35.5. The molecule has 4 aromatic rings. The second-order valence-electron chi connectivity index (χ2n) is 7.32. The summed E-state index contributed by atoms with van der Waals surface area (Å²) in [6.07, 6.45) is 0. The van der Waals surface area contributed by atoms with Crippen molar-refractivity contribution < 1.29 is 13.9 Å². The molecular formula is C23H20ClFN4O2S2. The third-order valence-electron chi connectivity index (χ3n) is 5.16. The maximum atomic E-state index is 14.0. The molecule has 0 amide bonds. The molecule has 0 saturated heterocycles. The number of benzene rings is 2. The molecule has 0 aliphatic carbocycles. The molecule has 0 fully saturated rings. The number of fused-ring (bicyclic) bond motifs is 1. The molecule has 0 atom stereocenters. The lowest BCUT2D eigenvalue weighted by molar-refractivity contribution is 0.0606. The van der Waals surface area contributed by atoms with Gasteiger partial charge < -0.3 is 15.4 Å². The van der Waals surface area contributed by atoms with Crippen LogP contribution in [0.2, 0.25) is 5.02 Å². The summed E-state index contributed by atoms with van der Waals surface area (Å²) in [6.45, 7) is 4.09. The number of carbonyl (C=O) groups excluding carboxylic acids is 1. The van der Waals surface area contributed by atoms with Crippen molar-refractivity contribution in [3.05, 3.63) is 75.1 Å². The molecule has 10 heteroatoms. The molecule has 0 bridgehead atoms. The number of hydrogen-bond acceptors (Lipinski definition) is 5. The summed E-state index contributed by atoms with van der Waals surface area (Å²) in [5, 5.41) is 12.4. The number of methoxy groups -OCH3 is 1. The predicted octanol–water partition coefficient (Wildman–Crippen LogP) is 6.15. The highest BCUT2D eigenvalue weighted by Gasteiger charge is 2.18. The number of ether oxygens (including phenoxy) is 1. The molecule has 33 heavy (non-hydrogen) atoms. The van der Waals surface area contributed by atoms with E-state index >= 15 is 0 Å². The first-order valence-corrected chi connectivity index (χ1v) is 11.5. The first-order valence-electron chi connectivity index (χ1n) is 9.94. The van der Waals surface area contributed by atoms with Crippen LogP contribution < -0.4 is 10.6 Å². The molecule has 2 N–H and O–H groups in total. The number of thiophene rings is 1. The SMILES string of the molecule is COC(=O)c1sc2cc(NC(=S)Nc3c(C)nn(Cc4ccccc4F)c3C)ccc2c1Cl. The number of nitrogens with zero attached hydrogens (tertiary/aromatic N) is 2. The van der Waals surface area contributed by atoms with Gasteiger partial charge in [-0.25, -0.2) is 9.18 Å². The maximum absolute atomic E-state index is 14.0. The number of halogens is 2. The number of hydrogen-bond donors (Lipinski definition) is 2. The molecule has 0 saturated carbocycles. The van der Waals surface area contributed by atoms with E-state index in [1.807, 2.05) is 32.0 Å². The Morgan fingerprint density at radius 3 is 2.73 bits per heavy atom. The van der Waals surface area contributed by atoms with Crippen LogP contribution in [0.1, 0.15) is 26.6 Å². The van der Waals surface area contributed by atoms with Gasteiger partial charge in [0.1, 0.15) is 10.7 Å². The van der Waals surface area contributed by atoms with E-state index in [-0.39, 0.29) is 5.82 Å². The molecule has 0 aliphatic rings. The van der Waals surface area contributed by atoms with E-state index in [9.17, 15) is 9.18 Å². The Hall–Kier alpha value is -3.01. The minimum Gasteiger partial charge on any atom is -0.465 e. The van der Waals surface area contributed by atoms with Crippen LogP contribution in [-0.2, 0) is 11.3 Å². The topological polar surface area (TPSA) is 68.2 Å². The molecular weight excluding hydrogens is 483 g/mol. The lowest BCUT2D eigenvalue weighted by Crippen LogP contribution is -2.20. The fourth-order valence-corrected chi connectivity index (χ4v) is 5.15. The van der Waals surface area contributed by atoms with E-state index in [1.165, 1.54) is 24.5 Å². The number of rotatable bonds is 5. The largest absolute Gasteiger partial charge is 0.465 e. The second kappa shape index (κ2) is 9.46.